The van der Waals surface area contributed by atoms with Gasteiger partial charge in [-0.05, 0) is 51.1 Å². The lowest BCUT2D eigenvalue weighted by atomic mass is 9.95. The molecule has 3 rings (SSSR count). The van der Waals surface area contributed by atoms with Gasteiger partial charge in [0.25, 0.3) is 0 Å². The van der Waals surface area contributed by atoms with Crippen molar-refractivity contribution in [3.63, 3.8) is 0 Å². The Morgan fingerprint density at radius 3 is 2.64 bits per heavy atom. The van der Waals surface area contributed by atoms with Gasteiger partial charge in [-0.2, -0.15) is 5.26 Å². The van der Waals surface area contributed by atoms with Crippen LogP contribution in [0.5, 0.6) is 0 Å². The van der Waals surface area contributed by atoms with Gasteiger partial charge in [-0.3, -0.25) is 9.69 Å². The lowest BCUT2D eigenvalue weighted by Crippen LogP contribution is -2.47. The van der Waals surface area contributed by atoms with Gasteiger partial charge < -0.3 is 14.8 Å². The Morgan fingerprint density at radius 2 is 2.04 bits per heavy atom. The van der Waals surface area contributed by atoms with E-state index < -0.39 is 0 Å². The summed E-state index contributed by atoms with van der Waals surface area (Å²) >= 11 is 6.01. The fourth-order valence-electron chi connectivity index (χ4n) is 3.32. The number of amides is 1. The first-order chi connectivity index (χ1) is 12.1. The summed E-state index contributed by atoms with van der Waals surface area (Å²) in [6.07, 6.45) is 1.85. The van der Waals surface area contributed by atoms with Crippen LogP contribution in [0, 0.1) is 17.2 Å². The first-order valence-corrected chi connectivity index (χ1v) is 8.94. The van der Waals surface area contributed by atoms with Crippen LogP contribution < -0.4 is 5.32 Å². The van der Waals surface area contributed by atoms with Crippen LogP contribution in [0.2, 0.25) is 5.02 Å². The number of carbonyl (C=O) groups is 1. The van der Waals surface area contributed by atoms with Gasteiger partial charge in [0.15, 0.2) is 6.29 Å². The van der Waals surface area contributed by atoms with E-state index in [1.54, 1.807) is 18.2 Å². The van der Waals surface area contributed by atoms with E-state index in [2.05, 4.69) is 10.2 Å². The zero-order valence-electron chi connectivity index (χ0n) is 14.2. The van der Waals surface area contributed by atoms with Crippen molar-refractivity contribution in [2.45, 2.75) is 32.1 Å². The summed E-state index contributed by atoms with van der Waals surface area (Å²) in [4.78, 5) is 14.7. The molecule has 6 nitrogen and oxygen atoms in total. The number of benzene rings is 1. The van der Waals surface area contributed by atoms with Crippen LogP contribution >= 0.6 is 11.6 Å². The fraction of sp³-hybridized carbons (Fsp3) is 0.556. The standard InChI is InChI=1S/C18H22ClN3O3/c1-12(17(23)21-15-3-2-14(11-20)16(19)10-15)22-6-4-13(5-7-22)18-24-8-9-25-18/h2-3,10,12-13,18H,4-9H2,1H3,(H,21,23). The smallest absolute Gasteiger partial charge is 0.241 e. The summed E-state index contributed by atoms with van der Waals surface area (Å²) in [5.74, 6) is 0.332. The number of likely N-dealkylation sites (tertiary alicyclic amines) is 1. The molecule has 2 aliphatic heterocycles. The normalized spacial score (nSPS) is 21.0. The van der Waals surface area contributed by atoms with Gasteiger partial charge in [0.05, 0.1) is 29.8 Å². The van der Waals surface area contributed by atoms with E-state index in [-0.39, 0.29) is 18.2 Å². The van der Waals surface area contributed by atoms with Gasteiger partial charge in [0, 0.05) is 11.6 Å². The average Bonchev–Trinajstić information content (AvgIpc) is 3.16. The number of hydrogen-bond acceptors (Lipinski definition) is 5. The molecule has 2 fully saturated rings. The molecule has 2 heterocycles. The number of ether oxygens (including phenoxy) is 2. The highest BCUT2D eigenvalue weighted by atomic mass is 35.5. The predicted molar refractivity (Wildman–Crippen MR) is 94.2 cm³/mol. The number of carbonyl (C=O) groups excluding carboxylic acids is 1. The lowest BCUT2D eigenvalue weighted by molar-refractivity contribution is -0.123. The highest BCUT2D eigenvalue weighted by molar-refractivity contribution is 6.32. The lowest BCUT2D eigenvalue weighted by Gasteiger charge is -2.36. The van der Waals surface area contributed by atoms with Crippen LogP contribution in [0.3, 0.4) is 0 Å². The van der Waals surface area contributed by atoms with Gasteiger partial charge in [-0.1, -0.05) is 11.6 Å². The predicted octanol–water partition coefficient (Wildman–Crippen LogP) is 2.62. The molecule has 0 saturated carbocycles. The van der Waals surface area contributed by atoms with Crippen molar-refractivity contribution in [2.24, 2.45) is 5.92 Å². The molecule has 2 aliphatic rings. The topological polar surface area (TPSA) is 74.6 Å². The van der Waals surface area contributed by atoms with E-state index >= 15 is 0 Å². The van der Waals surface area contributed by atoms with E-state index in [1.807, 2.05) is 13.0 Å². The third kappa shape index (κ3) is 4.31. The minimum atomic E-state index is -0.235. The molecule has 134 valence electrons. The number of halogens is 1. The molecule has 0 aromatic heterocycles. The van der Waals surface area contributed by atoms with E-state index in [4.69, 9.17) is 26.3 Å². The summed E-state index contributed by atoms with van der Waals surface area (Å²) in [6.45, 7) is 4.95. The molecule has 0 bridgehead atoms. The van der Waals surface area contributed by atoms with Gasteiger partial charge in [0.1, 0.15) is 6.07 Å². The Kier molecular flexibility index (Phi) is 5.92. The molecular weight excluding hydrogens is 342 g/mol. The Bertz CT molecular complexity index is 662. The molecular formula is C18H22ClN3O3. The SMILES string of the molecule is CC(C(=O)Nc1ccc(C#N)c(Cl)c1)N1CCC(C2OCCO2)CC1. The van der Waals surface area contributed by atoms with Crippen molar-refractivity contribution in [3.05, 3.63) is 28.8 Å². The van der Waals surface area contributed by atoms with Gasteiger partial charge >= 0.3 is 0 Å². The zero-order chi connectivity index (χ0) is 17.8. The first kappa shape index (κ1) is 18.2. The van der Waals surface area contributed by atoms with Crippen LogP contribution in [0.1, 0.15) is 25.3 Å². The maximum absolute atomic E-state index is 12.5. The Hall–Kier alpha value is -1.65. The second-order valence-electron chi connectivity index (χ2n) is 6.46. The second-order valence-corrected chi connectivity index (χ2v) is 6.86. The van der Waals surface area contributed by atoms with E-state index in [0.29, 0.717) is 35.4 Å². The quantitative estimate of drug-likeness (QED) is 0.890. The maximum atomic E-state index is 12.5. The maximum Gasteiger partial charge on any atom is 0.241 e. The highest BCUT2D eigenvalue weighted by Gasteiger charge is 2.33. The minimum absolute atomic E-state index is 0.0763. The van der Waals surface area contributed by atoms with E-state index in [1.165, 1.54) is 0 Å². The number of anilines is 1. The van der Waals surface area contributed by atoms with Crippen LogP contribution in [-0.4, -0.2) is 49.4 Å². The molecule has 25 heavy (non-hydrogen) atoms. The molecule has 1 unspecified atom stereocenters. The molecule has 0 spiro atoms. The molecule has 0 radical (unpaired) electrons. The largest absolute Gasteiger partial charge is 0.350 e. The van der Waals surface area contributed by atoms with Gasteiger partial charge in [-0.25, -0.2) is 0 Å². The number of nitrogens with zero attached hydrogens (tertiary/aromatic N) is 2. The van der Waals surface area contributed by atoms with Crippen molar-refractivity contribution in [1.29, 1.82) is 5.26 Å². The van der Waals surface area contributed by atoms with Crippen molar-refractivity contribution in [2.75, 3.05) is 31.6 Å². The molecule has 1 amide bonds. The molecule has 1 atom stereocenters. The molecule has 1 aromatic carbocycles. The van der Waals surface area contributed by atoms with Crippen molar-refractivity contribution in [3.8, 4) is 6.07 Å². The van der Waals surface area contributed by atoms with Crippen LogP contribution in [0.15, 0.2) is 18.2 Å². The highest BCUT2D eigenvalue weighted by Crippen LogP contribution is 2.27. The molecule has 1 aromatic rings. The number of nitriles is 1. The Morgan fingerprint density at radius 1 is 1.36 bits per heavy atom. The van der Waals surface area contributed by atoms with Crippen molar-refractivity contribution < 1.29 is 14.3 Å². The summed E-state index contributed by atoms with van der Waals surface area (Å²) < 4.78 is 11.2. The third-order valence-electron chi connectivity index (χ3n) is 4.89. The molecule has 1 N–H and O–H groups in total. The van der Waals surface area contributed by atoms with E-state index in [9.17, 15) is 4.79 Å². The average molecular weight is 364 g/mol. The zero-order valence-corrected chi connectivity index (χ0v) is 15.0. The number of nitrogens with one attached hydrogen (secondary N) is 1. The minimum Gasteiger partial charge on any atom is -0.350 e. The first-order valence-electron chi connectivity index (χ1n) is 8.56. The molecule has 7 heteroatoms. The van der Waals surface area contributed by atoms with Gasteiger partial charge in [0.2, 0.25) is 5.91 Å². The molecule has 2 saturated heterocycles. The number of rotatable bonds is 4. The van der Waals surface area contributed by atoms with Crippen molar-refractivity contribution >= 4 is 23.2 Å². The fourth-order valence-corrected chi connectivity index (χ4v) is 3.55. The van der Waals surface area contributed by atoms with Crippen LogP contribution in [0.25, 0.3) is 0 Å². The summed E-state index contributed by atoms with van der Waals surface area (Å²) in [6, 6.07) is 6.67. The van der Waals surface area contributed by atoms with Crippen molar-refractivity contribution in [1.82, 2.24) is 4.90 Å². The number of piperidine rings is 1. The Labute approximate surface area is 152 Å². The van der Waals surface area contributed by atoms with Crippen LogP contribution in [0.4, 0.5) is 5.69 Å². The molecule has 0 aliphatic carbocycles. The van der Waals surface area contributed by atoms with E-state index in [0.717, 1.165) is 25.9 Å². The number of hydrogen-bond donors (Lipinski definition) is 1. The summed E-state index contributed by atoms with van der Waals surface area (Å²) in [5.41, 5.74) is 0.995. The summed E-state index contributed by atoms with van der Waals surface area (Å²) in [5, 5.41) is 12.1. The van der Waals surface area contributed by atoms with Gasteiger partial charge in [-0.15, -0.1) is 0 Å². The second kappa shape index (κ2) is 8.15. The monoisotopic (exact) mass is 363 g/mol. The van der Waals surface area contributed by atoms with Crippen LogP contribution in [-0.2, 0) is 14.3 Å². The Balaban J connectivity index is 1.52. The third-order valence-corrected chi connectivity index (χ3v) is 5.20. The summed E-state index contributed by atoms with van der Waals surface area (Å²) in [7, 11) is 0.